The number of benzene rings is 2. The van der Waals surface area contributed by atoms with Crippen LogP contribution in [0.15, 0.2) is 48.5 Å². The molecule has 33 heavy (non-hydrogen) atoms. The van der Waals surface area contributed by atoms with Crippen LogP contribution in [0.5, 0.6) is 5.75 Å². The summed E-state index contributed by atoms with van der Waals surface area (Å²) in [4.78, 5) is 30.7. The Morgan fingerprint density at radius 3 is 2.27 bits per heavy atom. The molecule has 2 aromatic rings. The average Bonchev–Trinajstić information content (AvgIpc) is 2.81. The highest BCUT2D eigenvalue weighted by Gasteiger charge is 2.31. The summed E-state index contributed by atoms with van der Waals surface area (Å²) in [5.74, 6) is 0.672. The van der Waals surface area contributed by atoms with Gasteiger partial charge < -0.3 is 24.0 Å². The average molecular weight is 454 g/mol. The standard InChI is InChI=1S/C25H31N3O5/c1-25(2,3)33-23(29)27-14-12-26(13-15-27)20-10-7-11-21-22(20)31-17-16-28(21)24(30)32-18-19-8-5-4-6-9-19/h4-11H,12-18H2,1-3H3. The topological polar surface area (TPSA) is 71.6 Å². The minimum atomic E-state index is -0.515. The fourth-order valence-corrected chi connectivity index (χ4v) is 3.93. The molecule has 2 aromatic carbocycles. The second-order valence-corrected chi connectivity index (χ2v) is 9.12. The molecule has 2 aliphatic heterocycles. The summed E-state index contributed by atoms with van der Waals surface area (Å²) in [6, 6.07) is 15.4. The van der Waals surface area contributed by atoms with E-state index in [1.807, 2.05) is 69.3 Å². The van der Waals surface area contributed by atoms with Crippen LogP contribution in [-0.4, -0.2) is 62.0 Å². The van der Waals surface area contributed by atoms with E-state index in [-0.39, 0.29) is 12.7 Å². The molecule has 176 valence electrons. The third kappa shape index (κ3) is 5.50. The maximum atomic E-state index is 12.8. The van der Waals surface area contributed by atoms with E-state index in [0.29, 0.717) is 50.8 Å². The molecule has 0 radical (unpaired) electrons. The molecule has 8 nitrogen and oxygen atoms in total. The van der Waals surface area contributed by atoms with E-state index in [1.165, 1.54) is 0 Å². The van der Waals surface area contributed by atoms with Gasteiger partial charge in [-0.3, -0.25) is 4.90 Å². The summed E-state index contributed by atoms with van der Waals surface area (Å²) in [5.41, 5.74) is 2.04. The fraction of sp³-hybridized carbons (Fsp3) is 0.440. The number of piperazine rings is 1. The summed E-state index contributed by atoms with van der Waals surface area (Å²) in [6.45, 7) is 9.05. The van der Waals surface area contributed by atoms with Gasteiger partial charge in [-0.25, -0.2) is 9.59 Å². The van der Waals surface area contributed by atoms with Crippen LogP contribution >= 0.6 is 0 Å². The van der Waals surface area contributed by atoms with Crippen LogP contribution in [0.4, 0.5) is 21.0 Å². The van der Waals surface area contributed by atoms with Crippen molar-refractivity contribution in [3.05, 3.63) is 54.1 Å². The third-order valence-electron chi connectivity index (χ3n) is 5.52. The number of para-hydroxylation sites is 1. The quantitative estimate of drug-likeness (QED) is 0.691. The van der Waals surface area contributed by atoms with Gasteiger partial charge in [0.15, 0.2) is 5.75 Å². The van der Waals surface area contributed by atoms with Gasteiger partial charge in [-0.1, -0.05) is 36.4 Å². The van der Waals surface area contributed by atoms with Crippen molar-refractivity contribution < 1.29 is 23.8 Å². The number of ether oxygens (including phenoxy) is 3. The number of carbonyl (C=O) groups excluding carboxylic acids is 2. The second kappa shape index (κ2) is 9.60. The molecule has 1 saturated heterocycles. The first-order valence-electron chi connectivity index (χ1n) is 11.3. The van der Waals surface area contributed by atoms with E-state index >= 15 is 0 Å². The normalized spacial score (nSPS) is 16.0. The van der Waals surface area contributed by atoms with Gasteiger partial charge in [0.25, 0.3) is 0 Å². The Morgan fingerprint density at radius 2 is 1.58 bits per heavy atom. The Labute approximate surface area is 194 Å². The predicted octanol–water partition coefficient (Wildman–Crippen LogP) is 4.28. The number of hydrogen-bond donors (Lipinski definition) is 0. The Hall–Kier alpha value is -3.42. The minimum absolute atomic E-state index is 0.221. The molecule has 2 heterocycles. The van der Waals surface area contributed by atoms with Gasteiger partial charge in [0.2, 0.25) is 0 Å². The van der Waals surface area contributed by atoms with Gasteiger partial charge in [-0.05, 0) is 38.5 Å². The van der Waals surface area contributed by atoms with Crippen LogP contribution in [-0.2, 0) is 16.1 Å². The van der Waals surface area contributed by atoms with Gasteiger partial charge in [0.1, 0.15) is 18.8 Å². The molecule has 0 saturated carbocycles. The molecule has 4 rings (SSSR count). The molecular formula is C25H31N3O5. The Morgan fingerprint density at radius 1 is 0.879 bits per heavy atom. The Bertz CT molecular complexity index is 981. The second-order valence-electron chi connectivity index (χ2n) is 9.12. The van der Waals surface area contributed by atoms with Gasteiger partial charge in [0.05, 0.1) is 17.9 Å². The Balaban J connectivity index is 1.43. The largest absolute Gasteiger partial charge is 0.487 e. The molecule has 0 unspecified atom stereocenters. The molecule has 2 amide bonds. The predicted molar refractivity (Wildman–Crippen MR) is 126 cm³/mol. The summed E-state index contributed by atoms with van der Waals surface area (Å²) < 4.78 is 17.0. The first-order valence-corrected chi connectivity index (χ1v) is 11.3. The van der Waals surface area contributed by atoms with E-state index in [9.17, 15) is 9.59 Å². The van der Waals surface area contributed by atoms with Crippen LogP contribution in [0.1, 0.15) is 26.3 Å². The molecule has 0 aromatic heterocycles. The van der Waals surface area contributed by atoms with Crippen molar-refractivity contribution in [2.75, 3.05) is 49.1 Å². The number of hydrogen-bond acceptors (Lipinski definition) is 6. The maximum Gasteiger partial charge on any atom is 0.414 e. The molecule has 1 fully saturated rings. The summed E-state index contributed by atoms with van der Waals surface area (Å²) in [6.07, 6.45) is -0.684. The van der Waals surface area contributed by atoms with Crippen LogP contribution in [0.2, 0.25) is 0 Å². The smallest absolute Gasteiger partial charge is 0.414 e. The van der Waals surface area contributed by atoms with Crippen molar-refractivity contribution >= 4 is 23.6 Å². The number of rotatable bonds is 3. The SMILES string of the molecule is CC(C)(C)OC(=O)N1CCN(c2cccc3c2OCCN3C(=O)OCc2ccccc2)CC1. The van der Waals surface area contributed by atoms with Gasteiger partial charge in [-0.15, -0.1) is 0 Å². The zero-order valence-electron chi connectivity index (χ0n) is 19.5. The molecule has 2 aliphatic rings. The van der Waals surface area contributed by atoms with Gasteiger partial charge >= 0.3 is 12.2 Å². The van der Waals surface area contributed by atoms with E-state index in [2.05, 4.69) is 4.90 Å². The van der Waals surface area contributed by atoms with Crippen LogP contribution in [0.3, 0.4) is 0 Å². The van der Waals surface area contributed by atoms with Crippen LogP contribution < -0.4 is 14.5 Å². The van der Waals surface area contributed by atoms with Crippen molar-refractivity contribution in [1.82, 2.24) is 4.90 Å². The lowest BCUT2D eigenvalue weighted by atomic mass is 10.1. The monoisotopic (exact) mass is 453 g/mol. The lowest BCUT2D eigenvalue weighted by Gasteiger charge is -2.38. The molecule has 0 atom stereocenters. The minimum Gasteiger partial charge on any atom is -0.487 e. The van der Waals surface area contributed by atoms with Crippen LogP contribution in [0, 0.1) is 0 Å². The van der Waals surface area contributed by atoms with Crippen molar-refractivity contribution in [1.29, 1.82) is 0 Å². The summed E-state index contributed by atoms with van der Waals surface area (Å²) in [5, 5.41) is 0. The first kappa shape index (κ1) is 22.8. The Kier molecular flexibility index (Phi) is 6.62. The van der Waals surface area contributed by atoms with E-state index in [4.69, 9.17) is 14.2 Å². The molecule has 0 N–H and O–H groups in total. The number of anilines is 2. The van der Waals surface area contributed by atoms with E-state index < -0.39 is 11.7 Å². The van der Waals surface area contributed by atoms with Crippen molar-refractivity contribution in [2.45, 2.75) is 33.0 Å². The highest BCUT2D eigenvalue weighted by atomic mass is 16.6. The lowest BCUT2D eigenvalue weighted by Crippen LogP contribution is -2.50. The molecule has 0 aliphatic carbocycles. The summed E-state index contributed by atoms with van der Waals surface area (Å²) >= 11 is 0. The molecule has 0 bridgehead atoms. The number of nitrogens with zero attached hydrogens (tertiary/aromatic N) is 3. The third-order valence-corrected chi connectivity index (χ3v) is 5.52. The molecule has 0 spiro atoms. The molecule has 8 heteroatoms. The van der Waals surface area contributed by atoms with Crippen molar-refractivity contribution in [2.24, 2.45) is 0 Å². The van der Waals surface area contributed by atoms with Crippen LogP contribution in [0.25, 0.3) is 0 Å². The fourth-order valence-electron chi connectivity index (χ4n) is 3.93. The van der Waals surface area contributed by atoms with Gasteiger partial charge in [0, 0.05) is 26.2 Å². The van der Waals surface area contributed by atoms with Crippen molar-refractivity contribution in [3.63, 3.8) is 0 Å². The van der Waals surface area contributed by atoms with E-state index in [0.717, 1.165) is 11.3 Å². The maximum absolute atomic E-state index is 12.8. The first-order chi connectivity index (χ1) is 15.8. The zero-order chi connectivity index (χ0) is 23.4. The number of fused-ring (bicyclic) bond motifs is 1. The number of amides is 2. The molecular weight excluding hydrogens is 422 g/mol. The highest BCUT2D eigenvalue weighted by molar-refractivity contribution is 5.92. The number of carbonyl (C=O) groups is 2. The van der Waals surface area contributed by atoms with E-state index in [1.54, 1.807) is 9.80 Å². The highest BCUT2D eigenvalue weighted by Crippen LogP contribution is 2.41. The van der Waals surface area contributed by atoms with Gasteiger partial charge in [-0.2, -0.15) is 0 Å². The lowest BCUT2D eigenvalue weighted by molar-refractivity contribution is 0.0240. The van der Waals surface area contributed by atoms with Crippen molar-refractivity contribution in [3.8, 4) is 5.75 Å². The summed E-state index contributed by atoms with van der Waals surface area (Å²) in [7, 11) is 0. The zero-order valence-corrected chi connectivity index (χ0v) is 19.5.